The topological polar surface area (TPSA) is 82.2 Å². The largest absolute Gasteiger partial charge is 0.471 e. The van der Waals surface area contributed by atoms with Gasteiger partial charge in [0.05, 0.1) is 0 Å². The summed E-state index contributed by atoms with van der Waals surface area (Å²) in [6.45, 7) is 2.99. The van der Waals surface area contributed by atoms with Crippen LogP contribution in [0.15, 0.2) is 11.1 Å². The highest BCUT2D eigenvalue weighted by Crippen LogP contribution is 2.28. The number of nitrogens with zero attached hydrogens (tertiary/aromatic N) is 2. The smallest absolute Gasteiger partial charge is 0.309 e. The van der Waals surface area contributed by atoms with E-state index < -0.39 is 41.8 Å². The monoisotopic (exact) mass is 331 g/mol. The first-order valence-electron chi connectivity index (χ1n) is 5.75. The van der Waals surface area contributed by atoms with Gasteiger partial charge >= 0.3 is 18.3 Å². The molecule has 3 N–H and O–H groups in total. The molecular weight excluding hydrogens is 320 g/mol. The number of aromatic amines is 1. The molecule has 0 atom stereocenters. The molecule has 0 aliphatic carbocycles. The lowest BCUT2D eigenvalue weighted by Gasteiger charge is -2.12. The quantitative estimate of drug-likeness (QED) is 0.442. The number of H-pyrrole nitrogens is 1. The molecule has 1 heterocycles. The highest BCUT2D eigenvalue weighted by Gasteiger charge is 2.39. The van der Waals surface area contributed by atoms with E-state index in [9.17, 15) is 31.1 Å². The maximum atomic E-state index is 12.4. The van der Waals surface area contributed by atoms with E-state index in [0.717, 1.165) is 0 Å². The predicted octanol–water partition coefficient (Wildman–Crippen LogP) is 2.28. The Labute approximate surface area is 120 Å². The zero-order valence-corrected chi connectivity index (χ0v) is 11.2. The average molecular weight is 331 g/mol. The number of nitrogens with one attached hydrogen (secondary N) is 3. The summed E-state index contributed by atoms with van der Waals surface area (Å²) in [5.74, 6) is -3.43. The van der Waals surface area contributed by atoms with Crippen molar-refractivity contribution in [2.24, 2.45) is 4.99 Å². The van der Waals surface area contributed by atoms with Crippen molar-refractivity contribution in [1.29, 1.82) is 0 Å². The molecule has 0 bridgehead atoms. The molecule has 1 amide bonds. The van der Waals surface area contributed by atoms with Crippen LogP contribution in [-0.2, 0) is 11.0 Å². The zero-order valence-electron chi connectivity index (χ0n) is 11.2. The highest BCUT2D eigenvalue weighted by molar-refractivity contribution is 6.05. The fourth-order valence-electron chi connectivity index (χ4n) is 1.18. The van der Waals surface area contributed by atoms with Gasteiger partial charge in [0.15, 0.2) is 5.82 Å². The minimum Gasteiger partial charge on any atom is -0.309 e. The third kappa shape index (κ3) is 5.26. The fraction of sp³-hybridized carbons (Fsp3) is 0.500. The van der Waals surface area contributed by atoms with Gasteiger partial charge < -0.3 is 5.32 Å². The second kappa shape index (κ2) is 6.23. The summed E-state index contributed by atoms with van der Waals surface area (Å²) in [6.07, 6.45) is -9.86. The molecule has 0 saturated carbocycles. The summed E-state index contributed by atoms with van der Waals surface area (Å²) in [5.41, 5.74) is -1.21. The number of amides is 1. The van der Waals surface area contributed by atoms with E-state index in [1.807, 2.05) is 0 Å². The van der Waals surface area contributed by atoms with Crippen LogP contribution in [0.1, 0.15) is 19.5 Å². The molecule has 0 radical (unpaired) electrons. The van der Waals surface area contributed by atoms with Gasteiger partial charge in [-0.25, -0.2) is 4.99 Å². The van der Waals surface area contributed by atoms with Gasteiger partial charge in [-0.2, -0.15) is 31.4 Å². The molecule has 0 aromatic carbocycles. The lowest BCUT2D eigenvalue weighted by atomic mass is 10.4. The van der Waals surface area contributed by atoms with Crippen LogP contribution in [-0.4, -0.2) is 34.3 Å². The first-order chi connectivity index (χ1) is 9.89. The number of carbonyl (C=O) groups is 1. The maximum Gasteiger partial charge on any atom is 0.471 e. The van der Waals surface area contributed by atoms with Crippen molar-refractivity contribution in [2.75, 3.05) is 5.32 Å². The molecule has 0 fully saturated rings. The van der Waals surface area contributed by atoms with E-state index in [1.165, 1.54) is 19.2 Å². The van der Waals surface area contributed by atoms with Crippen LogP contribution in [0.5, 0.6) is 0 Å². The normalized spacial score (nSPS) is 13.4. The Morgan fingerprint density at radius 2 is 1.86 bits per heavy atom. The number of hydrogen-bond donors (Lipinski definition) is 3. The number of aromatic nitrogens is 2. The van der Waals surface area contributed by atoms with Crippen molar-refractivity contribution in [1.82, 2.24) is 15.5 Å². The van der Waals surface area contributed by atoms with Crippen LogP contribution in [0, 0.1) is 0 Å². The number of carbonyl (C=O) groups excluding carboxylic acids is 1. The molecule has 124 valence electrons. The first kappa shape index (κ1) is 17.8. The van der Waals surface area contributed by atoms with E-state index in [4.69, 9.17) is 0 Å². The Balaban J connectivity index is 2.91. The molecule has 0 aliphatic heterocycles. The minimum absolute atomic E-state index is 0.450. The molecule has 1 aromatic rings. The van der Waals surface area contributed by atoms with E-state index in [2.05, 4.69) is 15.4 Å². The maximum absolute atomic E-state index is 12.4. The Hall–Kier alpha value is -2.27. The van der Waals surface area contributed by atoms with Crippen molar-refractivity contribution in [2.45, 2.75) is 32.2 Å². The number of halogens is 6. The molecule has 0 aliphatic rings. The van der Waals surface area contributed by atoms with Gasteiger partial charge in [0.1, 0.15) is 5.69 Å². The van der Waals surface area contributed by atoms with Crippen LogP contribution in [0.3, 0.4) is 0 Å². The lowest BCUT2D eigenvalue weighted by molar-refractivity contribution is -0.171. The first-order valence-corrected chi connectivity index (χ1v) is 5.75. The summed E-state index contributed by atoms with van der Waals surface area (Å²) in [7, 11) is 0. The number of alkyl halides is 6. The third-order valence-corrected chi connectivity index (χ3v) is 2.01. The molecular formula is C10H11F6N5O. The lowest BCUT2D eigenvalue weighted by Crippen LogP contribution is -2.44. The Morgan fingerprint density at radius 1 is 1.27 bits per heavy atom. The third-order valence-electron chi connectivity index (χ3n) is 2.01. The number of aliphatic imine (C=N–C) groups is 1. The molecule has 22 heavy (non-hydrogen) atoms. The van der Waals surface area contributed by atoms with Crippen molar-refractivity contribution >= 4 is 17.7 Å². The number of rotatable bonds is 2. The van der Waals surface area contributed by atoms with Crippen LogP contribution < -0.4 is 10.6 Å². The van der Waals surface area contributed by atoms with Crippen LogP contribution in [0.25, 0.3) is 0 Å². The van der Waals surface area contributed by atoms with Gasteiger partial charge in [0.25, 0.3) is 0 Å². The van der Waals surface area contributed by atoms with Crippen LogP contribution in [0.2, 0.25) is 0 Å². The van der Waals surface area contributed by atoms with Gasteiger partial charge in [-0.1, -0.05) is 0 Å². The van der Waals surface area contributed by atoms with Crippen molar-refractivity contribution in [3.63, 3.8) is 0 Å². The second-order valence-corrected chi connectivity index (χ2v) is 4.31. The van der Waals surface area contributed by atoms with Crippen molar-refractivity contribution < 1.29 is 31.1 Å². The van der Waals surface area contributed by atoms with E-state index in [-0.39, 0.29) is 0 Å². The number of anilines is 1. The van der Waals surface area contributed by atoms with Gasteiger partial charge in [-0.15, -0.1) is 0 Å². The van der Waals surface area contributed by atoms with Gasteiger partial charge in [0.2, 0.25) is 5.96 Å². The minimum atomic E-state index is -5.16. The predicted molar refractivity (Wildman–Crippen MR) is 64.0 cm³/mol. The van der Waals surface area contributed by atoms with E-state index >= 15 is 0 Å². The number of hydrogen-bond acceptors (Lipinski definition) is 3. The van der Waals surface area contributed by atoms with Crippen molar-refractivity contribution in [3.05, 3.63) is 11.8 Å². The SMILES string of the molecule is CC(C)N=C(NC(=O)C(F)(F)F)Nc1cc(C(F)(F)F)[nH]n1. The summed E-state index contributed by atoms with van der Waals surface area (Å²) in [6, 6.07) is -0.00709. The molecule has 6 nitrogen and oxygen atoms in total. The molecule has 0 spiro atoms. The Bertz CT molecular complexity index is 559. The van der Waals surface area contributed by atoms with Crippen molar-refractivity contribution in [3.8, 4) is 0 Å². The standard InChI is InChI=1S/C10H11F6N5O/c1-4(2)17-8(19-7(22)10(14,15)16)18-6-3-5(20-21-6)9(11,12)13/h3-4H,1-2H3,(H3,17,18,19,20,21,22). The van der Waals surface area contributed by atoms with Gasteiger partial charge in [0, 0.05) is 12.1 Å². The fourth-order valence-corrected chi connectivity index (χ4v) is 1.18. The zero-order chi connectivity index (χ0) is 17.1. The van der Waals surface area contributed by atoms with Gasteiger partial charge in [-0.3, -0.25) is 15.2 Å². The van der Waals surface area contributed by atoms with Gasteiger partial charge in [-0.05, 0) is 13.8 Å². The Morgan fingerprint density at radius 3 is 2.27 bits per heavy atom. The van der Waals surface area contributed by atoms with E-state index in [1.54, 1.807) is 5.10 Å². The highest BCUT2D eigenvalue weighted by atomic mass is 19.4. The van der Waals surface area contributed by atoms with Crippen LogP contribution in [0.4, 0.5) is 32.2 Å². The summed E-state index contributed by atoms with van der Waals surface area (Å²) >= 11 is 0. The molecule has 0 saturated heterocycles. The summed E-state index contributed by atoms with van der Waals surface area (Å²) in [5, 5.41) is 8.40. The van der Waals surface area contributed by atoms with Crippen LogP contribution >= 0.6 is 0 Å². The molecule has 0 unspecified atom stereocenters. The second-order valence-electron chi connectivity index (χ2n) is 4.31. The Kier molecular flexibility index (Phi) is 5.04. The molecule has 1 aromatic heterocycles. The molecule has 1 rings (SSSR count). The average Bonchev–Trinajstić information content (AvgIpc) is 2.74. The summed E-state index contributed by atoms with van der Waals surface area (Å²) in [4.78, 5) is 14.5. The number of guanidine groups is 1. The molecule has 12 heteroatoms. The summed E-state index contributed by atoms with van der Waals surface area (Å²) < 4.78 is 73.6. The van der Waals surface area contributed by atoms with E-state index in [0.29, 0.717) is 6.07 Å².